The number of fused-ring (bicyclic) bond motifs is 2. The second kappa shape index (κ2) is 7.07. The summed E-state index contributed by atoms with van der Waals surface area (Å²) in [5, 5.41) is 10.3. The second-order valence-electron chi connectivity index (χ2n) is 7.30. The largest absolute Gasteiger partial charge is 0.348 e. The molecule has 4 heterocycles. The summed E-state index contributed by atoms with van der Waals surface area (Å²) < 4.78 is 3.70. The number of rotatable bonds is 4. The second-order valence-corrected chi connectivity index (χ2v) is 8.25. The third-order valence-corrected chi connectivity index (χ3v) is 6.12. The smallest absolute Gasteiger partial charge is 0.252 e. The standard InChI is InChI=1S/C22H20N6OS/c1-13-20-15(10-17(19-5-4-8-30-19)25-21(20)28(3)26-13)22(29)23-11-14-6-7-18-16(9-14)24-12-27(18)2/h4-10,12H,11H2,1-3H3,(H,23,29). The number of imidazole rings is 1. The van der Waals surface area contributed by atoms with Crippen molar-refractivity contribution in [3.63, 3.8) is 0 Å². The minimum absolute atomic E-state index is 0.141. The summed E-state index contributed by atoms with van der Waals surface area (Å²) in [6.45, 7) is 2.32. The van der Waals surface area contributed by atoms with Gasteiger partial charge in [0.25, 0.3) is 5.91 Å². The van der Waals surface area contributed by atoms with Gasteiger partial charge in [0.15, 0.2) is 5.65 Å². The molecule has 7 nitrogen and oxygen atoms in total. The molecule has 0 saturated carbocycles. The fraction of sp³-hybridized carbons (Fsp3) is 0.182. The number of amides is 1. The van der Waals surface area contributed by atoms with Gasteiger partial charge in [-0.25, -0.2) is 9.97 Å². The van der Waals surface area contributed by atoms with Crippen molar-refractivity contribution >= 4 is 39.3 Å². The molecule has 0 fully saturated rings. The van der Waals surface area contributed by atoms with Crippen molar-refractivity contribution in [2.24, 2.45) is 14.1 Å². The number of thiophene rings is 1. The Bertz CT molecular complexity index is 1400. The SMILES string of the molecule is Cc1nn(C)c2nc(-c3cccs3)cc(C(=O)NCc3ccc4c(c3)ncn4C)c12. The minimum Gasteiger partial charge on any atom is -0.348 e. The molecule has 4 aromatic heterocycles. The van der Waals surface area contributed by atoms with E-state index in [1.54, 1.807) is 22.3 Å². The molecule has 5 aromatic rings. The average molecular weight is 417 g/mol. The molecular weight excluding hydrogens is 396 g/mol. The molecule has 8 heteroatoms. The van der Waals surface area contributed by atoms with Gasteiger partial charge in [-0.05, 0) is 42.1 Å². The monoisotopic (exact) mass is 416 g/mol. The molecule has 0 aliphatic rings. The van der Waals surface area contributed by atoms with E-state index in [4.69, 9.17) is 4.98 Å². The summed E-state index contributed by atoms with van der Waals surface area (Å²) in [7, 11) is 3.82. The lowest BCUT2D eigenvalue weighted by Gasteiger charge is -2.09. The Morgan fingerprint density at radius 2 is 2.07 bits per heavy atom. The number of aromatic nitrogens is 5. The molecule has 0 atom stereocenters. The lowest BCUT2D eigenvalue weighted by atomic mass is 10.1. The Balaban J connectivity index is 1.50. The van der Waals surface area contributed by atoms with Gasteiger partial charge in [-0.2, -0.15) is 5.10 Å². The van der Waals surface area contributed by atoms with Crippen molar-refractivity contribution < 1.29 is 4.79 Å². The number of pyridine rings is 1. The molecule has 0 radical (unpaired) electrons. The molecule has 0 aliphatic heterocycles. The molecule has 1 amide bonds. The Labute approximate surface area is 177 Å². The number of carbonyl (C=O) groups excluding carboxylic acids is 1. The molecule has 5 rings (SSSR count). The van der Waals surface area contributed by atoms with Crippen molar-refractivity contribution in [2.75, 3.05) is 0 Å². The van der Waals surface area contributed by atoms with Gasteiger partial charge in [0, 0.05) is 20.6 Å². The zero-order chi connectivity index (χ0) is 20.8. The van der Waals surface area contributed by atoms with E-state index in [-0.39, 0.29) is 5.91 Å². The number of hydrogen-bond donors (Lipinski definition) is 1. The van der Waals surface area contributed by atoms with Gasteiger partial charge in [-0.1, -0.05) is 12.1 Å². The zero-order valence-electron chi connectivity index (χ0n) is 16.9. The highest BCUT2D eigenvalue weighted by Crippen LogP contribution is 2.29. The van der Waals surface area contributed by atoms with Crippen LogP contribution in [0.1, 0.15) is 21.6 Å². The van der Waals surface area contributed by atoms with Gasteiger partial charge in [0.05, 0.1) is 44.6 Å². The number of benzene rings is 1. The molecule has 0 unspecified atom stereocenters. The summed E-state index contributed by atoms with van der Waals surface area (Å²) in [5.74, 6) is -0.141. The van der Waals surface area contributed by atoms with Crippen molar-refractivity contribution in [1.82, 2.24) is 29.6 Å². The molecule has 0 bridgehead atoms. The van der Waals surface area contributed by atoms with Crippen LogP contribution in [-0.4, -0.2) is 30.2 Å². The highest BCUT2D eigenvalue weighted by atomic mass is 32.1. The fourth-order valence-corrected chi connectivity index (χ4v) is 4.43. The molecule has 0 saturated heterocycles. The predicted octanol–water partition coefficient (Wildman–Crippen LogP) is 3.82. The van der Waals surface area contributed by atoms with Gasteiger partial charge in [-0.3, -0.25) is 9.48 Å². The van der Waals surface area contributed by atoms with Crippen LogP contribution in [0.5, 0.6) is 0 Å². The lowest BCUT2D eigenvalue weighted by Crippen LogP contribution is -2.23. The Morgan fingerprint density at radius 1 is 1.20 bits per heavy atom. The number of nitrogens with zero attached hydrogens (tertiary/aromatic N) is 5. The van der Waals surface area contributed by atoms with Crippen LogP contribution in [0.2, 0.25) is 0 Å². The maximum absolute atomic E-state index is 13.2. The molecule has 1 N–H and O–H groups in total. The molecule has 0 aliphatic carbocycles. The van der Waals surface area contributed by atoms with Crippen LogP contribution in [0.25, 0.3) is 32.6 Å². The predicted molar refractivity (Wildman–Crippen MR) is 118 cm³/mol. The maximum Gasteiger partial charge on any atom is 0.252 e. The highest BCUT2D eigenvalue weighted by molar-refractivity contribution is 7.13. The van der Waals surface area contributed by atoms with Crippen LogP contribution in [0.15, 0.2) is 48.1 Å². The lowest BCUT2D eigenvalue weighted by molar-refractivity contribution is 0.0952. The van der Waals surface area contributed by atoms with Crippen LogP contribution in [0, 0.1) is 6.92 Å². The summed E-state index contributed by atoms with van der Waals surface area (Å²) >= 11 is 1.60. The minimum atomic E-state index is -0.141. The van der Waals surface area contributed by atoms with E-state index in [9.17, 15) is 4.79 Å². The van der Waals surface area contributed by atoms with E-state index in [0.29, 0.717) is 17.8 Å². The van der Waals surface area contributed by atoms with Crippen molar-refractivity contribution in [2.45, 2.75) is 13.5 Å². The molecule has 0 spiro atoms. The fourth-order valence-electron chi connectivity index (χ4n) is 3.74. The van der Waals surface area contributed by atoms with E-state index < -0.39 is 0 Å². The van der Waals surface area contributed by atoms with E-state index in [0.717, 1.165) is 38.2 Å². The van der Waals surface area contributed by atoms with E-state index in [1.165, 1.54) is 0 Å². The Hall–Kier alpha value is -3.52. The summed E-state index contributed by atoms with van der Waals surface area (Å²) in [4.78, 5) is 23.4. The van der Waals surface area contributed by atoms with Crippen LogP contribution < -0.4 is 5.32 Å². The first-order chi connectivity index (χ1) is 14.5. The van der Waals surface area contributed by atoms with Gasteiger partial charge in [0.1, 0.15) is 0 Å². The van der Waals surface area contributed by atoms with E-state index in [2.05, 4.69) is 15.4 Å². The van der Waals surface area contributed by atoms with E-state index in [1.807, 2.05) is 67.4 Å². The van der Waals surface area contributed by atoms with Crippen molar-refractivity contribution in [3.8, 4) is 10.6 Å². The number of aryl methyl sites for hydroxylation is 3. The number of nitrogens with one attached hydrogen (secondary N) is 1. The van der Waals surface area contributed by atoms with Crippen LogP contribution in [0.3, 0.4) is 0 Å². The van der Waals surface area contributed by atoms with E-state index >= 15 is 0 Å². The summed E-state index contributed by atoms with van der Waals surface area (Å²) in [6.07, 6.45) is 1.79. The third kappa shape index (κ3) is 3.05. The topological polar surface area (TPSA) is 77.6 Å². The number of hydrogen-bond acceptors (Lipinski definition) is 5. The third-order valence-electron chi connectivity index (χ3n) is 5.23. The number of carbonyl (C=O) groups is 1. The maximum atomic E-state index is 13.2. The molecule has 30 heavy (non-hydrogen) atoms. The van der Waals surface area contributed by atoms with Crippen molar-refractivity contribution in [3.05, 3.63) is 64.9 Å². The van der Waals surface area contributed by atoms with Gasteiger partial charge in [-0.15, -0.1) is 11.3 Å². The Kier molecular flexibility index (Phi) is 4.36. The molecule has 1 aromatic carbocycles. The van der Waals surface area contributed by atoms with Crippen LogP contribution in [0.4, 0.5) is 0 Å². The highest BCUT2D eigenvalue weighted by Gasteiger charge is 2.19. The first kappa shape index (κ1) is 18.5. The van der Waals surface area contributed by atoms with Gasteiger partial charge >= 0.3 is 0 Å². The Morgan fingerprint density at radius 3 is 2.87 bits per heavy atom. The van der Waals surface area contributed by atoms with Crippen LogP contribution >= 0.6 is 11.3 Å². The summed E-state index contributed by atoms with van der Waals surface area (Å²) in [6, 6.07) is 11.9. The van der Waals surface area contributed by atoms with Gasteiger partial charge in [0.2, 0.25) is 0 Å². The quantitative estimate of drug-likeness (QED) is 0.483. The first-order valence-corrected chi connectivity index (χ1v) is 10.5. The van der Waals surface area contributed by atoms with Crippen molar-refractivity contribution in [1.29, 1.82) is 0 Å². The normalized spacial score (nSPS) is 11.4. The van der Waals surface area contributed by atoms with Crippen LogP contribution in [-0.2, 0) is 20.6 Å². The summed E-state index contributed by atoms with van der Waals surface area (Å²) in [5.41, 5.74) is 5.84. The van der Waals surface area contributed by atoms with Gasteiger partial charge < -0.3 is 9.88 Å². The molecule has 150 valence electrons. The first-order valence-electron chi connectivity index (χ1n) is 9.57. The molecular formula is C22H20N6OS. The zero-order valence-corrected chi connectivity index (χ0v) is 17.7. The average Bonchev–Trinajstić information content (AvgIpc) is 3.46.